The van der Waals surface area contributed by atoms with Crippen LogP contribution in [0, 0.1) is 33.6 Å². The molecule has 0 aliphatic rings. The summed E-state index contributed by atoms with van der Waals surface area (Å²) >= 11 is 0. The Morgan fingerprint density at radius 3 is 2.00 bits per heavy atom. The summed E-state index contributed by atoms with van der Waals surface area (Å²) < 4.78 is 2.08. The second kappa shape index (κ2) is 21.0. The van der Waals surface area contributed by atoms with E-state index in [9.17, 15) is 0 Å². The molecule has 294 valence electrons. The maximum absolute atomic E-state index is 5.33. The fraction of sp³-hybridized carbons (Fsp3) is 0.367. The summed E-state index contributed by atoms with van der Waals surface area (Å²) in [6, 6.07) is 12.0. The van der Waals surface area contributed by atoms with Crippen molar-refractivity contribution in [3.05, 3.63) is 140 Å². The average Bonchev–Trinajstić information content (AvgIpc) is 3.56. The van der Waals surface area contributed by atoms with Crippen LogP contribution in [0.15, 0.2) is 105 Å². The summed E-state index contributed by atoms with van der Waals surface area (Å²) in [5.74, 6) is 2.22. The van der Waals surface area contributed by atoms with Crippen LogP contribution in [0.4, 0.5) is 0 Å². The quantitative estimate of drug-likeness (QED) is 0.0503. The number of allylic oxidation sites excluding steroid dienone is 8. The van der Waals surface area contributed by atoms with E-state index in [1.165, 1.54) is 16.7 Å². The fourth-order valence-electron chi connectivity index (χ4n) is 6.86. The number of hydrogen-bond donors (Lipinski definition) is 0. The van der Waals surface area contributed by atoms with Gasteiger partial charge in [0.05, 0.1) is 5.69 Å². The normalized spacial score (nSPS) is 12.5. The highest BCUT2D eigenvalue weighted by atomic mass is 15.4. The molecule has 0 aliphatic heterocycles. The van der Waals surface area contributed by atoms with Crippen LogP contribution < -0.4 is 0 Å². The molecular formula is C49H63N7. The lowest BCUT2D eigenvalue weighted by atomic mass is 9.87. The van der Waals surface area contributed by atoms with Gasteiger partial charge in [-0.2, -0.15) is 0 Å². The minimum absolute atomic E-state index is 0.0476. The summed E-state index contributed by atoms with van der Waals surface area (Å²) in [5, 5.41) is 5.28. The molecule has 0 bridgehead atoms. The Bertz CT molecular complexity index is 2210. The van der Waals surface area contributed by atoms with Crippen molar-refractivity contribution in [2.75, 3.05) is 7.05 Å². The molecule has 0 amide bonds. The van der Waals surface area contributed by atoms with Crippen molar-refractivity contribution in [3.8, 4) is 11.4 Å². The summed E-state index contributed by atoms with van der Waals surface area (Å²) in [6.07, 6.45) is 12.8. The van der Waals surface area contributed by atoms with Gasteiger partial charge in [-0.25, -0.2) is 14.7 Å². The van der Waals surface area contributed by atoms with Crippen LogP contribution in [-0.2, 0) is 6.42 Å². The standard InChI is InChI=1S/C47H57N7.C2H6/c1-15-49-46(48-14)43-35(10)37(12)44(38(13)36(43)11)47-52-42(28-33(8)32(7)27-39(24-29(2)3)41-21-17-19-23-51-41)53-54(47)45(30(4)5)34(9)25-31(6)26-40-20-16-18-22-50-40;1-2/h15-25,28,34H,26H2,1-14H3;1-2H3/b31-25?,33-28+,48-46?,49-15?;. The summed E-state index contributed by atoms with van der Waals surface area (Å²) in [7, 11) is 1.80. The number of pyridine rings is 2. The molecule has 1 unspecified atom stereocenters. The van der Waals surface area contributed by atoms with Gasteiger partial charge in [-0.05, 0) is 153 Å². The predicted molar refractivity (Wildman–Crippen MR) is 241 cm³/mol. The van der Waals surface area contributed by atoms with Crippen LogP contribution in [0.1, 0.15) is 121 Å². The van der Waals surface area contributed by atoms with E-state index in [1.807, 2.05) is 63.5 Å². The molecule has 0 spiro atoms. The van der Waals surface area contributed by atoms with Gasteiger partial charge >= 0.3 is 0 Å². The summed E-state index contributed by atoms with van der Waals surface area (Å²) in [4.78, 5) is 23.7. The molecule has 3 heterocycles. The Labute approximate surface area is 337 Å². The van der Waals surface area contributed by atoms with Crippen molar-refractivity contribution in [1.29, 1.82) is 0 Å². The molecule has 0 saturated heterocycles. The molecule has 1 aromatic carbocycles. The zero-order chi connectivity index (χ0) is 41.7. The van der Waals surface area contributed by atoms with Crippen LogP contribution >= 0.6 is 0 Å². The van der Waals surface area contributed by atoms with Gasteiger partial charge in [-0.1, -0.05) is 55.7 Å². The SMILES string of the molecule is CC.CC=NC(=NC)c1c(C)c(C)c(-c2nc(/C=C(\C)C(C)=C=C(C=C(C)C)c3ccccn3)nn2C(=C(C)C)C(C)C=C(C)Cc2ccccn2)c(C)c1C. The van der Waals surface area contributed by atoms with Crippen LogP contribution in [0.25, 0.3) is 28.7 Å². The maximum atomic E-state index is 5.33. The van der Waals surface area contributed by atoms with E-state index in [1.54, 1.807) is 13.3 Å². The van der Waals surface area contributed by atoms with Crippen molar-refractivity contribution in [2.45, 2.75) is 110 Å². The zero-order valence-corrected chi connectivity index (χ0v) is 36.8. The van der Waals surface area contributed by atoms with E-state index in [2.05, 4.69) is 138 Å². The second-order valence-electron chi connectivity index (χ2n) is 14.5. The maximum Gasteiger partial charge on any atom is 0.175 e. The molecule has 1 atom stereocenters. The van der Waals surface area contributed by atoms with E-state index in [-0.39, 0.29) is 5.92 Å². The Balaban J connectivity index is 0.00000414. The number of rotatable bonds is 11. The number of nitrogens with zero attached hydrogens (tertiary/aromatic N) is 7. The van der Waals surface area contributed by atoms with Crippen molar-refractivity contribution in [1.82, 2.24) is 24.7 Å². The third kappa shape index (κ3) is 11.0. The number of aliphatic imine (C=N–C) groups is 2. The monoisotopic (exact) mass is 750 g/mol. The number of amidine groups is 1. The van der Waals surface area contributed by atoms with E-state index in [0.717, 1.165) is 85.3 Å². The molecule has 4 rings (SSSR count). The van der Waals surface area contributed by atoms with Crippen molar-refractivity contribution in [3.63, 3.8) is 0 Å². The molecule has 4 aromatic rings. The Morgan fingerprint density at radius 2 is 1.48 bits per heavy atom. The largest absolute Gasteiger partial charge is 0.270 e. The van der Waals surface area contributed by atoms with Gasteiger partial charge in [0.2, 0.25) is 0 Å². The first kappa shape index (κ1) is 44.9. The molecule has 0 aliphatic carbocycles. The zero-order valence-electron chi connectivity index (χ0n) is 36.8. The van der Waals surface area contributed by atoms with Crippen LogP contribution in [-0.4, -0.2) is 43.8 Å². The first-order valence-electron chi connectivity index (χ1n) is 19.7. The van der Waals surface area contributed by atoms with Gasteiger partial charge in [-0.15, -0.1) is 10.8 Å². The lowest BCUT2D eigenvalue weighted by Crippen LogP contribution is -2.14. The van der Waals surface area contributed by atoms with E-state index >= 15 is 0 Å². The first-order valence-corrected chi connectivity index (χ1v) is 19.7. The van der Waals surface area contributed by atoms with Gasteiger partial charge in [0, 0.05) is 66.1 Å². The molecule has 0 saturated carbocycles. The molecule has 0 radical (unpaired) electrons. The Hall–Kier alpha value is -5.52. The summed E-state index contributed by atoms with van der Waals surface area (Å²) in [6.45, 7) is 31.7. The van der Waals surface area contributed by atoms with Crippen molar-refractivity contribution >= 4 is 29.4 Å². The van der Waals surface area contributed by atoms with Crippen LogP contribution in [0.2, 0.25) is 0 Å². The highest BCUT2D eigenvalue weighted by Crippen LogP contribution is 2.37. The van der Waals surface area contributed by atoms with Crippen molar-refractivity contribution < 1.29 is 0 Å². The van der Waals surface area contributed by atoms with Gasteiger partial charge < -0.3 is 0 Å². The Kier molecular flexibility index (Phi) is 16.8. The van der Waals surface area contributed by atoms with Gasteiger partial charge in [0.1, 0.15) is 0 Å². The smallest absolute Gasteiger partial charge is 0.175 e. The minimum atomic E-state index is 0.0476. The van der Waals surface area contributed by atoms with E-state index < -0.39 is 0 Å². The molecular weight excluding hydrogens is 687 g/mol. The molecule has 0 N–H and O–H groups in total. The average molecular weight is 750 g/mol. The highest BCUT2D eigenvalue weighted by Gasteiger charge is 2.26. The number of aromatic nitrogens is 5. The summed E-state index contributed by atoms with van der Waals surface area (Å²) in [5.41, 5.74) is 19.8. The lowest BCUT2D eigenvalue weighted by Gasteiger charge is -2.22. The van der Waals surface area contributed by atoms with Gasteiger partial charge in [-0.3, -0.25) is 15.0 Å². The third-order valence-corrected chi connectivity index (χ3v) is 9.68. The molecule has 7 heteroatoms. The van der Waals surface area contributed by atoms with Crippen LogP contribution in [0.5, 0.6) is 0 Å². The molecule has 7 nitrogen and oxygen atoms in total. The van der Waals surface area contributed by atoms with Crippen molar-refractivity contribution in [2.24, 2.45) is 15.9 Å². The van der Waals surface area contributed by atoms with E-state index in [0.29, 0.717) is 5.82 Å². The highest BCUT2D eigenvalue weighted by molar-refractivity contribution is 6.06. The predicted octanol–water partition coefficient (Wildman–Crippen LogP) is 12.5. The lowest BCUT2D eigenvalue weighted by molar-refractivity contribution is 0.778. The number of benzene rings is 1. The third-order valence-electron chi connectivity index (χ3n) is 9.68. The topological polar surface area (TPSA) is 81.2 Å². The fourth-order valence-corrected chi connectivity index (χ4v) is 6.86. The van der Waals surface area contributed by atoms with E-state index in [4.69, 9.17) is 10.1 Å². The number of hydrogen-bond acceptors (Lipinski definition) is 5. The molecule has 0 fully saturated rings. The van der Waals surface area contributed by atoms with Gasteiger partial charge in [0.15, 0.2) is 17.5 Å². The van der Waals surface area contributed by atoms with Crippen LogP contribution in [0.3, 0.4) is 0 Å². The minimum Gasteiger partial charge on any atom is -0.270 e. The first-order chi connectivity index (χ1) is 26.7. The molecule has 3 aromatic heterocycles. The second-order valence-corrected chi connectivity index (χ2v) is 14.5. The van der Waals surface area contributed by atoms with Gasteiger partial charge in [0.25, 0.3) is 0 Å². The molecule has 56 heavy (non-hydrogen) atoms. The Morgan fingerprint density at radius 1 is 0.857 bits per heavy atom.